The molecular weight excluding hydrogens is 478 g/mol. The molecule has 2 aliphatic rings. The van der Waals surface area contributed by atoms with Crippen LogP contribution in [0.1, 0.15) is 13.8 Å². The van der Waals surface area contributed by atoms with Crippen LogP contribution in [0.2, 0.25) is 0 Å². The van der Waals surface area contributed by atoms with Crippen molar-refractivity contribution in [1.29, 1.82) is 0 Å². The van der Waals surface area contributed by atoms with Gasteiger partial charge >= 0.3 is 0 Å². The monoisotopic (exact) mass is 484 g/mol. The fourth-order valence-corrected chi connectivity index (χ4v) is 8.50. The van der Waals surface area contributed by atoms with E-state index in [1.54, 1.807) is 0 Å². The summed E-state index contributed by atoms with van der Waals surface area (Å²) in [6, 6.07) is 0. The molecule has 0 unspecified atom stereocenters. The molecule has 0 aliphatic carbocycles. The summed E-state index contributed by atoms with van der Waals surface area (Å²) in [5.74, 6) is 0. The van der Waals surface area contributed by atoms with E-state index < -0.39 is 0 Å². The highest BCUT2D eigenvalue weighted by atomic mass is 127. The SMILES string of the molecule is CC1=C(C)SC(=C2SC(I)=C(I)S2)S1. The lowest BCUT2D eigenvalue weighted by molar-refractivity contribution is 1.57. The molecule has 0 saturated heterocycles. The zero-order chi connectivity index (χ0) is 10.3. The summed E-state index contributed by atoms with van der Waals surface area (Å²) in [4.78, 5) is 2.91. The Morgan fingerprint density at radius 1 is 0.714 bits per heavy atom. The fraction of sp³-hybridized carbons (Fsp3) is 0.250. The molecule has 0 aromatic heterocycles. The van der Waals surface area contributed by atoms with Gasteiger partial charge in [0.1, 0.15) is 0 Å². The van der Waals surface area contributed by atoms with Crippen LogP contribution in [0.4, 0.5) is 0 Å². The number of hydrogen-bond donors (Lipinski definition) is 0. The lowest BCUT2D eigenvalue weighted by Crippen LogP contribution is -1.65. The van der Waals surface area contributed by atoms with Gasteiger partial charge in [-0.2, -0.15) is 0 Å². The van der Waals surface area contributed by atoms with E-state index in [9.17, 15) is 0 Å². The van der Waals surface area contributed by atoms with Crippen molar-refractivity contribution in [2.75, 3.05) is 0 Å². The van der Waals surface area contributed by atoms with Crippen LogP contribution in [0.3, 0.4) is 0 Å². The van der Waals surface area contributed by atoms with Crippen LogP contribution in [-0.2, 0) is 0 Å². The topological polar surface area (TPSA) is 0 Å². The van der Waals surface area contributed by atoms with Crippen LogP contribution in [0.15, 0.2) is 24.1 Å². The van der Waals surface area contributed by atoms with Crippen LogP contribution in [0, 0.1) is 0 Å². The van der Waals surface area contributed by atoms with E-state index in [4.69, 9.17) is 0 Å². The van der Waals surface area contributed by atoms with Crippen LogP contribution < -0.4 is 0 Å². The van der Waals surface area contributed by atoms with Gasteiger partial charge in [0, 0.05) is 0 Å². The first kappa shape index (κ1) is 12.5. The molecule has 2 rings (SSSR count). The van der Waals surface area contributed by atoms with E-state index >= 15 is 0 Å². The average molecular weight is 484 g/mol. The Bertz CT molecular complexity index is 313. The van der Waals surface area contributed by atoms with Crippen LogP contribution in [0.25, 0.3) is 0 Å². The summed E-state index contributed by atoms with van der Waals surface area (Å²) in [5.41, 5.74) is 0. The molecule has 14 heavy (non-hydrogen) atoms. The zero-order valence-corrected chi connectivity index (χ0v) is 15.0. The van der Waals surface area contributed by atoms with Gasteiger partial charge in [-0.15, -0.1) is 0 Å². The number of rotatable bonds is 0. The van der Waals surface area contributed by atoms with E-state index in [-0.39, 0.29) is 0 Å². The van der Waals surface area contributed by atoms with Crippen molar-refractivity contribution in [3.05, 3.63) is 24.1 Å². The largest absolute Gasteiger partial charge is 0.0849 e. The fourth-order valence-electron chi connectivity index (χ4n) is 0.873. The maximum absolute atomic E-state index is 2.42. The summed E-state index contributed by atoms with van der Waals surface area (Å²) in [6.07, 6.45) is 0. The smallest absolute Gasteiger partial charge is 0.0715 e. The Morgan fingerprint density at radius 3 is 1.50 bits per heavy atom. The van der Waals surface area contributed by atoms with Crippen molar-refractivity contribution >= 4 is 92.2 Å². The molecule has 76 valence electrons. The van der Waals surface area contributed by atoms with Crippen LogP contribution >= 0.6 is 92.2 Å². The van der Waals surface area contributed by atoms with Gasteiger partial charge in [0.25, 0.3) is 0 Å². The van der Waals surface area contributed by atoms with Gasteiger partial charge in [0.15, 0.2) is 0 Å². The Balaban J connectivity index is 2.17. The average Bonchev–Trinajstić information content (AvgIpc) is 2.60. The third-order valence-electron chi connectivity index (χ3n) is 1.67. The van der Waals surface area contributed by atoms with E-state index in [0.717, 1.165) is 0 Å². The highest BCUT2D eigenvalue weighted by Gasteiger charge is 2.25. The molecule has 0 amide bonds. The molecular formula is C8H6I2S4. The number of halogens is 2. The molecule has 0 spiro atoms. The standard InChI is InChI=1S/C8H6I2S4/c1-3-4(2)12-7(11-3)8-13-5(9)6(10)14-8/h1-2H3. The Labute approximate surface area is 128 Å². The first-order valence-electron chi connectivity index (χ1n) is 3.76. The van der Waals surface area contributed by atoms with Gasteiger partial charge in [0.05, 0.1) is 14.3 Å². The van der Waals surface area contributed by atoms with E-state index in [1.807, 2.05) is 47.0 Å². The Morgan fingerprint density at radius 2 is 1.07 bits per heavy atom. The molecule has 0 bridgehead atoms. The third-order valence-corrected chi connectivity index (χ3v) is 11.2. The lowest BCUT2D eigenvalue weighted by atomic mass is 10.6. The molecule has 0 aromatic rings. The molecule has 0 aromatic carbocycles. The molecule has 0 radical (unpaired) electrons. The first-order valence-corrected chi connectivity index (χ1v) is 9.18. The predicted molar refractivity (Wildman–Crippen MR) is 90.8 cm³/mol. The zero-order valence-electron chi connectivity index (χ0n) is 7.39. The summed E-state index contributed by atoms with van der Waals surface area (Å²) in [7, 11) is 0. The van der Waals surface area contributed by atoms with Crippen molar-refractivity contribution in [1.82, 2.24) is 0 Å². The second-order valence-corrected chi connectivity index (χ2v) is 11.3. The van der Waals surface area contributed by atoms with Crippen molar-refractivity contribution < 1.29 is 0 Å². The summed E-state index contributed by atoms with van der Waals surface area (Å²) in [5, 5.41) is 0. The molecule has 0 nitrogen and oxygen atoms in total. The second-order valence-electron chi connectivity index (χ2n) is 2.64. The second kappa shape index (κ2) is 5.16. The number of allylic oxidation sites excluding steroid dienone is 2. The molecule has 2 heterocycles. The van der Waals surface area contributed by atoms with Crippen LogP contribution in [0.5, 0.6) is 0 Å². The lowest BCUT2D eigenvalue weighted by Gasteiger charge is -2.00. The first-order chi connectivity index (χ1) is 6.58. The normalized spacial score (nSPS) is 23.1. The van der Waals surface area contributed by atoms with Gasteiger partial charge in [-0.25, -0.2) is 0 Å². The van der Waals surface area contributed by atoms with Gasteiger partial charge in [0.2, 0.25) is 0 Å². The van der Waals surface area contributed by atoms with E-state index in [0.29, 0.717) is 0 Å². The van der Waals surface area contributed by atoms with Gasteiger partial charge < -0.3 is 0 Å². The minimum absolute atomic E-state index is 1.42. The van der Waals surface area contributed by atoms with Gasteiger partial charge in [-0.3, -0.25) is 0 Å². The van der Waals surface area contributed by atoms with Crippen molar-refractivity contribution in [2.45, 2.75) is 13.8 Å². The molecule has 0 fully saturated rings. The molecule has 6 heteroatoms. The predicted octanol–water partition coefficient (Wildman–Crippen LogP) is 6.32. The molecule has 0 N–H and O–H groups in total. The Kier molecular flexibility index (Phi) is 4.62. The van der Waals surface area contributed by atoms with Gasteiger partial charge in [-0.05, 0) is 68.8 Å². The quantitative estimate of drug-likeness (QED) is 0.369. The van der Waals surface area contributed by atoms with Crippen molar-refractivity contribution in [3.63, 3.8) is 0 Å². The highest BCUT2D eigenvalue weighted by molar-refractivity contribution is 14.1. The van der Waals surface area contributed by atoms with Crippen LogP contribution in [-0.4, -0.2) is 0 Å². The maximum Gasteiger partial charge on any atom is 0.0715 e. The summed E-state index contributed by atoms with van der Waals surface area (Å²) in [6.45, 7) is 4.41. The minimum atomic E-state index is 1.42. The van der Waals surface area contributed by atoms with E-state index in [2.05, 4.69) is 59.0 Å². The summed E-state index contributed by atoms with van der Waals surface area (Å²) >= 11 is 12.5. The van der Waals surface area contributed by atoms with Gasteiger partial charge in [-0.1, -0.05) is 47.0 Å². The van der Waals surface area contributed by atoms with Crippen molar-refractivity contribution in [3.8, 4) is 0 Å². The molecule has 0 atom stereocenters. The highest BCUT2D eigenvalue weighted by Crippen LogP contribution is 2.61. The number of hydrogen-bond acceptors (Lipinski definition) is 4. The van der Waals surface area contributed by atoms with E-state index in [1.165, 1.54) is 24.1 Å². The molecule has 2 aliphatic heterocycles. The molecule has 0 saturated carbocycles. The summed E-state index contributed by atoms with van der Waals surface area (Å²) < 4.78 is 5.76. The third kappa shape index (κ3) is 2.66. The maximum atomic E-state index is 2.42. The number of thioether (sulfide) groups is 4. The Hall–Kier alpha value is 2.08. The van der Waals surface area contributed by atoms with Crippen molar-refractivity contribution in [2.24, 2.45) is 0 Å². The minimum Gasteiger partial charge on any atom is -0.0849 e.